The number of para-hydroxylation sites is 1. The number of halogens is 1. The third-order valence-electron chi connectivity index (χ3n) is 4.28. The summed E-state index contributed by atoms with van der Waals surface area (Å²) in [5.74, 6) is -0.411. The van der Waals surface area contributed by atoms with Gasteiger partial charge in [0.1, 0.15) is 5.82 Å². The molecule has 0 radical (unpaired) electrons. The van der Waals surface area contributed by atoms with Crippen molar-refractivity contribution in [3.63, 3.8) is 0 Å². The summed E-state index contributed by atoms with van der Waals surface area (Å²) in [6.07, 6.45) is 2.31. The summed E-state index contributed by atoms with van der Waals surface area (Å²) in [6, 6.07) is 11.7. The highest BCUT2D eigenvalue weighted by molar-refractivity contribution is 5.80. The van der Waals surface area contributed by atoms with Crippen LogP contribution >= 0.6 is 0 Å². The van der Waals surface area contributed by atoms with Crippen molar-refractivity contribution >= 4 is 16.8 Å². The first-order valence-electron chi connectivity index (χ1n) is 8.50. The van der Waals surface area contributed by atoms with Crippen LogP contribution in [0.1, 0.15) is 17.5 Å². The number of nitrogens with one attached hydrogen (secondary N) is 1. The molecule has 1 amide bonds. The summed E-state index contributed by atoms with van der Waals surface area (Å²) in [7, 11) is 0. The van der Waals surface area contributed by atoms with E-state index in [1.165, 1.54) is 23.0 Å². The Morgan fingerprint density at radius 2 is 1.96 bits per heavy atom. The molecule has 5 nitrogen and oxygen atoms in total. The van der Waals surface area contributed by atoms with E-state index in [1.54, 1.807) is 18.2 Å². The van der Waals surface area contributed by atoms with Gasteiger partial charge in [0.05, 0.1) is 17.2 Å². The number of nitrogens with zero attached hydrogens (tertiary/aromatic N) is 2. The molecule has 0 saturated carbocycles. The van der Waals surface area contributed by atoms with E-state index in [0.717, 1.165) is 11.1 Å². The van der Waals surface area contributed by atoms with Gasteiger partial charge in [-0.3, -0.25) is 14.2 Å². The molecule has 0 atom stereocenters. The number of hydrogen-bond acceptors (Lipinski definition) is 3. The fourth-order valence-corrected chi connectivity index (χ4v) is 2.80. The number of hydrogen-bond donors (Lipinski definition) is 1. The largest absolute Gasteiger partial charge is 0.356 e. The number of aromatic nitrogens is 2. The normalized spacial score (nSPS) is 10.8. The Bertz CT molecular complexity index is 981. The number of amides is 1. The Balaban J connectivity index is 1.54. The molecule has 1 N–H and O–H groups in total. The lowest BCUT2D eigenvalue weighted by Gasteiger charge is -2.08. The SMILES string of the molecule is Cc1cccc2c(=O)n(CCC(=O)NCCc3ccc(F)cc3)cnc12. The summed E-state index contributed by atoms with van der Waals surface area (Å²) < 4.78 is 14.3. The first-order valence-corrected chi connectivity index (χ1v) is 8.50. The molecule has 0 aliphatic rings. The molecule has 0 saturated heterocycles. The molecule has 6 heteroatoms. The monoisotopic (exact) mass is 353 g/mol. The van der Waals surface area contributed by atoms with Gasteiger partial charge in [-0.25, -0.2) is 9.37 Å². The number of benzene rings is 2. The van der Waals surface area contributed by atoms with Crippen molar-refractivity contribution in [3.05, 3.63) is 76.1 Å². The lowest BCUT2D eigenvalue weighted by molar-refractivity contribution is -0.121. The Hall–Kier alpha value is -3.02. The number of fused-ring (bicyclic) bond motifs is 1. The standard InChI is InChI=1S/C20H20FN3O2/c1-14-3-2-4-17-19(14)23-13-24(20(17)26)12-10-18(25)22-11-9-15-5-7-16(21)8-6-15/h2-8,13H,9-12H2,1H3,(H,22,25). The van der Waals surface area contributed by atoms with E-state index in [4.69, 9.17) is 0 Å². The van der Waals surface area contributed by atoms with Crippen molar-refractivity contribution in [1.29, 1.82) is 0 Å². The molecule has 0 aliphatic carbocycles. The van der Waals surface area contributed by atoms with E-state index in [9.17, 15) is 14.0 Å². The highest BCUT2D eigenvalue weighted by Crippen LogP contribution is 2.11. The van der Waals surface area contributed by atoms with E-state index >= 15 is 0 Å². The van der Waals surface area contributed by atoms with Crippen LogP contribution in [0.5, 0.6) is 0 Å². The van der Waals surface area contributed by atoms with Gasteiger partial charge in [-0.2, -0.15) is 0 Å². The van der Waals surface area contributed by atoms with Gasteiger partial charge in [-0.15, -0.1) is 0 Å². The molecule has 3 aromatic rings. The van der Waals surface area contributed by atoms with Crippen LogP contribution < -0.4 is 10.9 Å². The van der Waals surface area contributed by atoms with Crippen LogP contribution in [-0.2, 0) is 17.8 Å². The maximum Gasteiger partial charge on any atom is 0.261 e. The summed E-state index contributed by atoms with van der Waals surface area (Å²) in [6.45, 7) is 2.65. The van der Waals surface area contributed by atoms with Crippen LogP contribution in [0, 0.1) is 12.7 Å². The van der Waals surface area contributed by atoms with Crippen LogP contribution in [0.4, 0.5) is 4.39 Å². The van der Waals surface area contributed by atoms with Crippen molar-refractivity contribution in [1.82, 2.24) is 14.9 Å². The van der Waals surface area contributed by atoms with Gasteiger partial charge in [-0.1, -0.05) is 24.3 Å². The summed E-state index contributed by atoms with van der Waals surface area (Å²) in [4.78, 5) is 28.8. The second kappa shape index (κ2) is 7.91. The van der Waals surface area contributed by atoms with Gasteiger partial charge in [0.2, 0.25) is 5.91 Å². The molecule has 0 fully saturated rings. The smallest absolute Gasteiger partial charge is 0.261 e. The fraction of sp³-hybridized carbons (Fsp3) is 0.250. The molecule has 0 unspecified atom stereocenters. The zero-order valence-electron chi connectivity index (χ0n) is 14.5. The van der Waals surface area contributed by atoms with E-state index in [-0.39, 0.29) is 30.2 Å². The second-order valence-electron chi connectivity index (χ2n) is 6.19. The summed E-state index contributed by atoms with van der Waals surface area (Å²) in [5.41, 5.74) is 2.46. The molecule has 134 valence electrons. The molecule has 0 aliphatic heterocycles. The fourth-order valence-electron chi connectivity index (χ4n) is 2.80. The summed E-state index contributed by atoms with van der Waals surface area (Å²) >= 11 is 0. The van der Waals surface area contributed by atoms with Gasteiger partial charge < -0.3 is 5.32 Å². The zero-order chi connectivity index (χ0) is 18.5. The van der Waals surface area contributed by atoms with Crippen molar-refractivity contribution in [3.8, 4) is 0 Å². The second-order valence-corrected chi connectivity index (χ2v) is 6.19. The van der Waals surface area contributed by atoms with Crippen LogP contribution in [0.2, 0.25) is 0 Å². The van der Waals surface area contributed by atoms with E-state index in [1.807, 2.05) is 19.1 Å². The topological polar surface area (TPSA) is 64.0 Å². The average Bonchev–Trinajstić information content (AvgIpc) is 2.63. The quantitative estimate of drug-likeness (QED) is 0.741. The maximum atomic E-state index is 12.8. The molecule has 2 aromatic carbocycles. The number of carbonyl (C=O) groups is 1. The highest BCUT2D eigenvalue weighted by Gasteiger charge is 2.07. The number of rotatable bonds is 6. The van der Waals surface area contributed by atoms with E-state index < -0.39 is 0 Å². The van der Waals surface area contributed by atoms with Crippen molar-refractivity contribution in [2.75, 3.05) is 6.54 Å². The minimum absolute atomic E-state index is 0.136. The lowest BCUT2D eigenvalue weighted by atomic mass is 10.1. The maximum absolute atomic E-state index is 12.8. The molecular weight excluding hydrogens is 333 g/mol. The first-order chi connectivity index (χ1) is 12.5. The molecule has 1 aromatic heterocycles. The number of carbonyl (C=O) groups excluding carboxylic acids is 1. The van der Waals surface area contributed by atoms with Crippen LogP contribution in [-0.4, -0.2) is 22.0 Å². The van der Waals surface area contributed by atoms with Gasteiger partial charge in [0, 0.05) is 19.5 Å². The molecular formula is C20H20FN3O2. The Morgan fingerprint density at radius 3 is 2.73 bits per heavy atom. The van der Waals surface area contributed by atoms with Gasteiger partial charge >= 0.3 is 0 Å². The first kappa shape index (κ1) is 17.8. The molecule has 3 rings (SSSR count). The van der Waals surface area contributed by atoms with Crippen molar-refractivity contribution in [2.45, 2.75) is 26.3 Å². The average molecular weight is 353 g/mol. The number of aryl methyl sites for hydroxylation is 2. The van der Waals surface area contributed by atoms with Gasteiger partial charge in [0.25, 0.3) is 5.56 Å². The predicted octanol–water partition coefficient (Wildman–Crippen LogP) is 2.59. The lowest BCUT2D eigenvalue weighted by Crippen LogP contribution is -2.29. The Labute approximate surface area is 150 Å². The molecule has 0 bridgehead atoms. The molecule has 1 heterocycles. The minimum atomic E-state index is -0.276. The highest BCUT2D eigenvalue weighted by atomic mass is 19.1. The van der Waals surface area contributed by atoms with Gasteiger partial charge in [0.15, 0.2) is 0 Å². The van der Waals surface area contributed by atoms with Crippen molar-refractivity contribution in [2.24, 2.45) is 0 Å². The summed E-state index contributed by atoms with van der Waals surface area (Å²) in [5, 5.41) is 3.37. The third-order valence-corrected chi connectivity index (χ3v) is 4.28. The van der Waals surface area contributed by atoms with Crippen LogP contribution in [0.25, 0.3) is 10.9 Å². The molecule has 26 heavy (non-hydrogen) atoms. The van der Waals surface area contributed by atoms with Crippen LogP contribution in [0.3, 0.4) is 0 Å². The molecule has 0 spiro atoms. The Morgan fingerprint density at radius 1 is 1.19 bits per heavy atom. The third kappa shape index (κ3) is 4.14. The van der Waals surface area contributed by atoms with E-state index in [2.05, 4.69) is 10.3 Å². The zero-order valence-corrected chi connectivity index (χ0v) is 14.5. The van der Waals surface area contributed by atoms with Gasteiger partial charge in [-0.05, 0) is 42.7 Å². The predicted molar refractivity (Wildman–Crippen MR) is 98.5 cm³/mol. The van der Waals surface area contributed by atoms with Crippen LogP contribution in [0.15, 0.2) is 53.6 Å². The Kier molecular flexibility index (Phi) is 5.41. The van der Waals surface area contributed by atoms with E-state index in [0.29, 0.717) is 23.9 Å². The minimum Gasteiger partial charge on any atom is -0.356 e. The van der Waals surface area contributed by atoms with Crippen molar-refractivity contribution < 1.29 is 9.18 Å².